The summed E-state index contributed by atoms with van der Waals surface area (Å²) >= 11 is 0. The van der Waals surface area contributed by atoms with E-state index in [0.29, 0.717) is 6.04 Å². The highest BCUT2D eigenvalue weighted by Gasteiger charge is 2.23. The van der Waals surface area contributed by atoms with Crippen molar-refractivity contribution in [2.24, 2.45) is 0 Å². The standard InChI is InChI=1S/C17H28N2O/c1-5-19(6-2)12-14(4)18-11-16-10-15-9-13(3)7-8-17(15)20-16/h7-9,14,16,18H,5-6,10-12H2,1-4H3. The quantitative estimate of drug-likeness (QED) is 0.828. The van der Waals surface area contributed by atoms with Crippen molar-refractivity contribution in [2.45, 2.75) is 46.3 Å². The van der Waals surface area contributed by atoms with Gasteiger partial charge in [0.25, 0.3) is 0 Å². The van der Waals surface area contributed by atoms with Crippen LogP contribution >= 0.6 is 0 Å². The van der Waals surface area contributed by atoms with Crippen molar-refractivity contribution in [2.75, 3.05) is 26.2 Å². The molecule has 2 unspecified atom stereocenters. The van der Waals surface area contributed by atoms with E-state index in [4.69, 9.17) is 4.74 Å². The molecule has 2 rings (SSSR count). The van der Waals surface area contributed by atoms with Crippen molar-refractivity contribution in [1.29, 1.82) is 0 Å². The van der Waals surface area contributed by atoms with Crippen molar-refractivity contribution in [3.63, 3.8) is 0 Å². The number of nitrogens with one attached hydrogen (secondary N) is 1. The summed E-state index contributed by atoms with van der Waals surface area (Å²) in [5.74, 6) is 1.07. The van der Waals surface area contributed by atoms with Crippen molar-refractivity contribution in [3.05, 3.63) is 29.3 Å². The number of fused-ring (bicyclic) bond motifs is 1. The summed E-state index contributed by atoms with van der Waals surface area (Å²) in [5.41, 5.74) is 2.67. The Bertz CT molecular complexity index is 429. The molecule has 0 aliphatic carbocycles. The minimum Gasteiger partial charge on any atom is -0.488 e. The molecule has 1 aromatic carbocycles. The molecule has 20 heavy (non-hydrogen) atoms. The highest BCUT2D eigenvalue weighted by molar-refractivity contribution is 5.40. The number of aryl methyl sites for hydroxylation is 1. The number of benzene rings is 1. The summed E-state index contributed by atoms with van der Waals surface area (Å²) in [5, 5.41) is 3.61. The second-order valence-corrected chi connectivity index (χ2v) is 5.85. The van der Waals surface area contributed by atoms with Gasteiger partial charge in [-0.2, -0.15) is 0 Å². The van der Waals surface area contributed by atoms with Crippen molar-refractivity contribution in [3.8, 4) is 5.75 Å². The number of hydrogen-bond acceptors (Lipinski definition) is 3. The Labute approximate surface area is 123 Å². The molecule has 1 aromatic rings. The first-order chi connectivity index (χ1) is 9.62. The van der Waals surface area contributed by atoms with Crippen LogP contribution in [0.3, 0.4) is 0 Å². The Morgan fingerprint density at radius 3 is 2.80 bits per heavy atom. The van der Waals surface area contributed by atoms with Crippen molar-refractivity contribution < 1.29 is 4.74 Å². The Kier molecular flexibility index (Phi) is 5.44. The molecule has 0 aromatic heterocycles. The van der Waals surface area contributed by atoms with Crippen molar-refractivity contribution >= 4 is 0 Å². The van der Waals surface area contributed by atoms with Gasteiger partial charge >= 0.3 is 0 Å². The van der Waals surface area contributed by atoms with Gasteiger partial charge in [0.05, 0.1) is 0 Å². The van der Waals surface area contributed by atoms with Crippen molar-refractivity contribution in [1.82, 2.24) is 10.2 Å². The molecular formula is C17H28N2O. The summed E-state index contributed by atoms with van der Waals surface area (Å²) in [6, 6.07) is 6.97. The van der Waals surface area contributed by atoms with Gasteiger partial charge in [-0.1, -0.05) is 31.5 Å². The lowest BCUT2D eigenvalue weighted by Crippen LogP contribution is -2.42. The molecule has 0 spiro atoms. The summed E-state index contributed by atoms with van der Waals surface area (Å²) in [6.45, 7) is 13.1. The Balaban J connectivity index is 1.76. The average molecular weight is 276 g/mol. The number of likely N-dealkylation sites (N-methyl/N-ethyl adjacent to an activating group) is 1. The number of ether oxygens (including phenoxy) is 1. The number of nitrogens with zero attached hydrogens (tertiary/aromatic N) is 1. The summed E-state index contributed by atoms with van der Waals surface area (Å²) < 4.78 is 5.99. The molecule has 1 N–H and O–H groups in total. The van der Waals surface area contributed by atoms with Gasteiger partial charge in [-0.25, -0.2) is 0 Å². The van der Waals surface area contributed by atoms with E-state index in [-0.39, 0.29) is 6.10 Å². The molecule has 0 saturated carbocycles. The van der Waals surface area contributed by atoms with Gasteiger partial charge in [-0.15, -0.1) is 0 Å². The van der Waals surface area contributed by atoms with Crippen LogP contribution in [0.25, 0.3) is 0 Å². The minimum absolute atomic E-state index is 0.283. The van der Waals surface area contributed by atoms with Gasteiger partial charge in [-0.3, -0.25) is 0 Å². The maximum absolute atomic E-state index is 5.99. The lowest BCUT2D eigenvalue weighted by molar-refractivity contribution is 0.210. The van der Waals surface area contributed by atoms with Gasteiger partial charge < -0.3 is 15.0 Å². The van der Waals surface area contributed by atoms with Crippen LogP contribution in [0.5, 0.6) is 5.75 Å². The Morgan fingerprint density at radius 1 is 1.35 bits per heavy atom. The van der Waals surface area contributed by atoms with Crippen LogP contribution in [0.4, 0.5) is 0 Å². The smallest absolute Gasteiger partial charge is 0.123 e. The van der Waals surface area contributed by atoms with Crippen LogP contribution < -0.4 is 10.1 Å². The zero-order valence-corrected chi connectivity index (χ0v) is 13.3. The summed E-state index contributed by atoms with van der Waals surface area (Å²) in [6.07, 6.45) is 1.31. The van der Waals surface area contributed by atoms with Gasteiger partial charge in [0.2, 0.25) is 0 Å². The Morgan fingerprint density at radius 2 is 2.10 bits per heavy atom. The van der Waals surface area contributed by atoms with E-state index in [0.717, 1.165) is 38.3 Å². The first-order valence-electron chi connectivity index (χ1n) is 7.84. The molecule has 3 heteroatoms. The molecule has 0 fully saturated rings. The van der Waals surface area contributed by atoms with Crippen LogP contribution in [0.2, 0.25) is 0 Å². The second-order valence-electron chi connectivity index (χ2n) is 5.85. The molecule has 1 aliphatic rings. The first kappa shape index (κ1) is 15.3. The third kappa shape index (κ3) is 3.97. The van der Waals surface area contributed by atoms with Gasteiger partial charge in [0.1, 0.15) is 11.9 Å². The van der Waals surface area contributed by atoms with Crippen LogP contribution in [0.15, 0.2) is 18.2 Å². The van der Waals surface area contributed by atoms with E-state index < -0.39 is 0 Å². The third-order valence-corrected chi connectivity index (χ3v) is 4.08. The molecule has 1 aliphatic heterocycles. The minimum atomic E-state index is 0.283. The molecule has 112 valence electrons. The molecule has 0 amide bonds. The van der Waals surface area contributed by atoms with E-state index in [9.17, 15) is 0 Å². The van der Waals surface area contributed by atoms with Crippen LogP contribution in [-0.4, -0.2) is 43.2 Å². The third-order valence-electron chi connectivity index (χ3n) is 4.08. The fourth-order valence-electron chi connectivity index (χ4n) is 2.83. The lowest BCUT2D eigenvalue weighted by Gasteiger charge is -2.24. The molecule has 0 saturated heterocycles. The lowest BCUT2D eigenvalue weighted by atomic mass is 10.1. The van der Waals surface area contributed by atoms with Crippen LogP contribution in [0, 0.1) is 6.92 Å². The SMILES string of the molecule is CCN(CC)CC(C)NCC1Cc2cc(C)ccc2O1. The molecular weight excluding hydrogens is 248 g/mol. The predicted molar refractivity (Wildman–Crippen MR) is 84.6 cm³/mol. The zero-order chi connectivity index (χ0) is 14.5. The zero-order valence-electron chi connectivity index (χ0n) is 13.3. The molecule has 0 bridgehead atoms. The van der Waals surface area contributed by atoms with E-state index in [2.05, 4.69) is 56.1 Å². The van der Waals surface area contributed by atoms with Crippen LogP contribution in [0.1, 0.15) is 31.9 Å². The monoisotopic (exact) mass is 276 g/mol. The number of rotatable bonds is 7. The summed E-state index contributed by atoms with van der Waals surface area (Å²) in [4.78, 5) is 2.45. The second kappa shape index (κ2) is 7.09. The Hall–Kier alpha value is -1.06. The topological polar surface area (TPSA) is 24.5 Å². The molecule has 3 nitrogen and oxygen atoms in total. The number of hydrogen-bond donors (Lipinski definition) is 1. The maximum atomic E-state index is 5.99. The fourth-order valence-corrected chi connectivity index (χ4v) is 2.83. The molecule has 1 heterocycles. The van der Waals surface area contributed by atoms with Gasteiger partial charge in [-0.05, 0) is 38.6 Å². The van der Waals surface area contributed by atoms with Gasteiger partial charge in [0.15, 0.2) is 0 Å². The normalized spacial score (nSPS) is 18.9. The average Bonchev–Trinajstić information content (AvgIpc) is 2.84. The van der Waals surface area contributed by atoms with Gasteiger partial charge in [0, 0.05) is 25.6 Å². The highest BCUT2D eigenvalue weighted by atomic mass is 16.5. The largest absolute Gasteiger partial charge is 0.488 e. The van der Waals surface area contributed by atoms with E-state index >= 15 is 0 Å². The van der Waals surface area contributed by atoms with Crippen LogP contribution in [-0.2, 0) is 6.42 Å². The maximum Gasteiger partial charge on any atom is 0.123 e. The summed E-state index contributed by atoms with van der Waals surface area (Å²) in [7, 11) is 0. The van der Waals surface area contributed by atoms with E-state index in [1.54, 1.807) is 0 Å². The fraction of sp³-hybridized carbons (Fsp3) is 0.647. The van der Waals surface area contributed by atoms with E-state index in [1.807, 2.05) is 0 Å². The molecule has 0 radical (unpaired) electrons. The van der Waals surface area contributed by atoms with E-state index in [1.165, 1.54) is 11.1 Å². The first-order valence-corrected chi connectivity index (χ1v) is 7.84. The highest BCUT2D eigenvalue weighted by Crippen LogP contribution is 2.29. The predicted octanol–water partition coefficient (Wildman–Crippen LogP) is 2.62. The molecule has 2 atom stereocenters.